The number of carboxylic acid groups (broad SMARTS) is 1. The molecule has 1 saturated heterocycles. The molecule has 5 nitrogen and oxygen atoms in total. The standard InChI is InChI=1S/C12H17NO4/c1-2-9(12(16)17)13-10(14)7-5-3-4-6-8(7)11(13)15/h7-9H,2-6H2,1H3,(H,16,17)/t7-,8-,9-/m1/s1. The first-order valence-electron chi connectivity index (χ1n) is 6.17. The van der Waals surface area contributed by atoms with Crippen molar-refractivity contribution in [3.8, 4) is 0 Å². The minimum atomic E-state index is -1.09. The van der Waals surface area contributed by atoms with Crippen LogP contribution in [-0.4, -0.2) is 33.8 Å². The van der Waals surface area contributed by atoms with Crippen molar-refractivity contribution in [1.29, 1.82) is 0 Å². The number of carbonyl (C=O) groups excluding carboxylic acids is 2. The summed E-state index contributed by atoms with van der Waals surface area (Å²) < 4.78 is 0. The number of hydrogen-bond acceptors (Lipinski definition) is 3. The molecular weight excluding hydrogens is 222 g/mol. The Labute approximate surface area is 99.8 Å². The summed E-state index contributed by atoms with van der Waals surface area (Å²) in [5.74, 6) is -2.15. The van der Waals surface area contributed by atoms with Gasteiger partial charge in [-0.25, -0.2) is 4.79 Å². The molecule has 1 heterocycles. The summed E-state index contributed by atoms with van der Waals surface area (Å²) in [5, 5.41) is 9.06. The van der Waals surface area contributed by atoms with Crippen LogP contribution in [0.4, 0.5) is 0 Å². The topological polar surface area (TPSA) is 74.7 Å². The molecule has 2 aliphatic rings. The van der Waals surface area contributed by atoms with Gasteiger partial charge in [0.15, 0.2) is 0 Å². The predicted octanol–water partition coefficient (Wildman–Crippen LogP) is 1.02. The van der Waals surface area contributed by atoms with Crippen LogP contribution < -0.4 is 0 Å². The lowest BCUT2D eigenvalue weighted by Gasteiger charge is -2.21. The Bertz CT molecular complexity index is 342. The van der Waals surface area contributed by atoms with Gasteiger partial charge < -0.3 is 5.11 Å². The number of nitrogens with zero attached hydrogens (tertiary/aromatic N) is 1. The second-order valence-electron chi connectivity index (χ2n) is 4.81. The van der Waals surface area contributed by atoms with E-state index < -0.39 is 12.0 Å². The van der Waals surface area contributed by atoms with Crippen molar-refractivity contribution >= 4 is 17.8 Å². The van der Waals surface area contributed by atoms with Crippen LogP contribution >= 0.6 is 0 Å². The van der Waals surface area contributed by atoms with Crippen LogP contribution in [-0.2, 0) is 14.4 Å². The molecule has 0 unspecified atom stereocenters. The first-order chi connectivity index (χ1) is 8.07. The predicted molar refractivity (Wildman–Crippen MR) is 59.0 cm³/mol. The third-order valence-electron chi connectivity index (χ3n) is 3.86. The summed E-state index contributed by atoms with van der Waals surface area (Å²) in [6, 6.07) is -0.986. The summed E-state index contributed by atoms with van der Waals surface area (Å²) in [6.45, 7) is 1.68. The molecule has 0 aromatic heterocycles. The van der Waals surface area contributed by atoms with Crippen molar-refractivity contribution < 1.29 is 19.5 Å². The van der Waals surface area contributed by atoms with Gasteiger partial charge in [0.25, 0.3) is 0 Å². The van der Waals surface area contributed by atoms with Crippen molar-refractivity contribution in [3.63, 3.8) is 0 Å². The Morgan fingerprint density at radius 2 is 1.76 bits per heavy atom. The Balaban J connectivity index is 2.26. The molecule has 1 N–H and O–H groups in total. The lowest BCUT2D eigenvalue weighted by Crippen LogP contribution is -2.45. The van der Waals surface area contributed by atoms with Gasteiger partial charge in [-0.05, 0) is 19.3 Å². The number of carboxylic acids is 1. The SMILES string of the molecule is CC[C@H](C(=O)O)N1C(=O)[C@@H]2CCCC[C@H]2C1=O. The number of carbonyl (C=O) groups is 3. The zero-order chi connectivity index (χ0) is 12.6. The number of aliphatic carboxylic acids is 1. The molecule has 1 saturated carbocycles. The molecule has 0 bridgehead atoms. The number of fused-ring (bicyclic) bond motifs is 1. The van der Waals surface area contributed by atoms with Crippen molar-refractivity contribution in [2.24, 2.45) is 11.8 Å². The van der Waals surface area contributed by atoms with Crippen molar-refractivity contribution in [3.05, 3.63) is 0 Å². The fraction of sp³-hybridized carbons (Fsp3) is 0.750. The molecule has 94 valence electrons. The van der Waals surface area contributed by atoms with Crippen LogP contribution in [0, 0.1) is 11.8 Å². The highest BCUT2D eigenvalue weighted by Crippen LogP contribution is 2.39. The summed E-state index contributed by atoms with van der Waals surface area (Å²) >= 11 is 0. The van der Waals surface area contributed by atoms with Crippen molar-refractivity contribution in [2.75, 3.05) is 0 Å². The van der Waals surface area contributed by atoms with Gasteiger partial charge >= 0.3 is 5.97 Å². The summed E-state index contributed by atoms with van der Waals surface area (Å²) in [7, 11) is 0. The van der Waals surface area contributed by atoms with Crippen molar-refractivity contribution in [2.45, 2.75) is 45.1 Å². The first kappa shape index (κ1) is 12.1. The lowest BCUT2D eigenvalue weighted by molar-refractivity contribution is -0.155. The van der Waals surface area contributed by atoms with Gasteiger partial charge in [0.2, 0.25) is 11.8 Å². The molecule has 0 aromatic carbocycles. The van der Waals surface area contributed by atoms with Gasteiger partial charge in [-0.2, -0.15) is 0 Å². The molecule has 0 radical (unpaired) electrons. The number of amides is 2. The molecule has 2 amide bonds. The molecular formula is C12H17NO4. The van der Waals surface area contributed by atoms with Gasteiger partial charge in [-0.15, -0.1) is 0 Å². The summed E-state index contributed by atoms with van der Waals surface area (Å²) in [4.78, 5) is 36.3. The van der Waals surface area contributed by atoms with Crippen LogP contribution in [0.2, 0.25) is 0 Å². The highest BCUT2D eigenvalue weighted by Gasteiger charge is 2.51. The van der Waals surface area contributed by atoms with Gasteiger partial charge in [-0.1, -0.05) is 19.8 Å². The zero-order valence-corrected chi connectivity index (χ0v) is 9.89. The molecule has 17 heavy (non-hydrogen) atoms. The Morgan fingerprint density at radius 3 is 2.12 bits per heavy atom. The second-order valence-corrected chi connectivity index (χ2v) is 4.81. The monoisotopic (exact) mass is 239 g/mol. The fourth-order valence-corrected chi connectivity index (χ4v) is 2.96. The van der Waals surface area contributed by atoms with E-state index in [0.29, 0.717) is 0 Å². The number of likely N-dealkylation sites (tertiary alicyclic amines) is 1. The first-order valence-corrected chi connectivity index (χ1v) is 6.17. The molecule has 2 fully saturated rings. The molecule has 5 heteroatoms. The van der Waals surface area contributed by atoms with Gasteiger partial charge in [0.05, 0.1) is 11.8 Å². The Kier molecular flexibility index (Phi) is 3.17. The molecule has 2 rings (SSSR count). The van der Waals surface area contributed by atoms with E-state index >= 15 is 0 Å². The summed E-state index contributed by atoms with van der Waals surface area (Å²) in [5.41, 5.74) is 0. The maximum atomic E-state index is 12.1. The minimum Gasteiger partial charge on any atom is -0.480 e. The molecule has 0 spiro atoms. The van der Waals surface area contributed by atoms with Gasteiger partial charge in [0.1, 0.15) is 6.04 Å². The third-order valence-corrected chi connectivity index (χ3v) is 3.86. The van der Waals surface area contributed by atoms with E-state index in [1.807, 2.05) is 0 Å². The zero-order valence-electron chi connectivity index (χ0n) is 9.89. The maximum absolute atomic E-state index is 12.1. The average Bonchev–Trinajstić information content (AvgIpc) is 2.56. The molecule has 1 aliphatic heterocycles. The van der Waals surface area contributed by atoms with E-state index in [9.17, 15) is 14.4 Å². The highest BCUT2D eigenvalue weighted by atomic mass is 16.4. The number of imide groups is 1. The maximum Gasteiger partial charge on any atom is 0.326 e. The minimum absolute atomic E-state index is 0.260. The quantitative estimate of drug-likeness (QED) is 0.746. The van der Waals surface area contributed by atoms with Gasteiger partial charge in [-0.3, -0.25) is 14.5 Å². The molecule has 1 aliphatic carbocycles. The smallest absolute Gasteiger partial charge is 0.326 e. The van der Waals surface area contributed by atoms with Crippen LogP contribution in [0.3, 0.4) is 0 Å². The van der Waals surface area contributed by atoms with E-state index in [0.717, 1.165) is 30.6 Å². The largest absolute Gasteiger partial charge is 0.480 e. The molecule has 3 atom stereocenters. The van der Waals surface area contributed by atoms with Crippen LogP contribution in [0.15, 0.2) is 0 Å². The Morgan fingerprint density at radius 1 is 1.29 bits per heavy atom. The van der Waals surface area contributed by atoms with Crippen LogP contribution in [0.25, 0.3) is 0 Å². The number of rotatable bonds is 3. The van der Waals surface area contributed by atoms with E-state index in [1.165, 1.54) is 0 Å². The van der Waals surface area contributed by atoms with Crippen LogP contribution in [0.5, 0.6) is 0 Å². The number of hydrogen-bond donors (Lipinski definition) is 1. The fourth-order valence-electron chi connectivity index (χ4n) is 2.96. The average molecular weight is 239 g/mol. The van der Waals surface area contributed by atoms with Crippen molar-refractivity contribution in [1.82, 2.24) is 4.90 Å². The van der Waals surface area contributed by atoms with E-state index in [2.05, 4.69) is 0 Å². The normalized spacial score (nSPS) is 30.3. The van der Waals surface area contributed by atoms with Crippen LogP contribution in [0.1, 0.15) is 39.0 Å². The summed E-state index contributed by atoms with van der Waals surface area (Å²) in [6.07, 6.45) is 3.63. The van der Waals surface area contributed by atoms with Gasteiger partial charge in [0, 0.05) is 0 Å². The second kappa shape index (κ2) is 4.47. The van der Waals surface area contributed by atoms with E-state index in [4.69, 9.17) is 5.11 Å². The van der Waals surface area contributed by atoms with E-state index in [-0.39, 0.29) is 30.1 Å². The third kappa shape index (κ3) is 1.83. The molecule has 0 aromatic rings. The Hall–Kier alpha value is -1.39. The highest BCUT2D eigenvalue weighted by molar-refractivity contribution is 6.07. The van der Waals surface area contributed by atoms with E-state index in [1.54, 1.807) is 6.92 Å². The lowest BCUT2D eigenvalue weighted by atomic mass is 9.81.